The molecule has 2 unspecified atom stereocenters. The molecule has 1 spiro atoms. The van der Waals surface area contributed by atoms with Crippen molar-refractivity contribution in [2.45, 2.75) is 62.4 Å². The Morgan fingerprint density at radius 2 is 2.12 bits per heavy atom. The van der Waals surface area contributed by atoms with Gasteiger partial charge in [-0.2, -0.15) is 0 Å². The van der Waals surface area contributed by atoms with Crippen LogP contribution in [0, 0.1) is 13.8 Å². The van der Waals surface area contributed by atoms with Gasteiger partial charge in [-0.3, -0.25) is 20.2 Å². The summed E-state index contributed by atoms with van der Waals surface area (Å²) in [7, 11) is -3.85. The lowest BCUT2D eigenvalue weighted by Crippen LogP contribution is -2.53. The number of carbonyl (C=O) groups is 1. The molecule has 0 aromatic carbocycles. The molecule has 2 aliphatic heterocycles. The molecule has 0 bridgehead atoms. The van der Waals surface area contributed by atoms with Gasteiger partial charge in [-0.1, -0.05) is 22.2 Å². The highest BCUT2D eigenvalue weighted by molar-refractivity contribution is 7.95. The predicted octanol–water partition coefficient (Wildman–Crippen LogP) is 2.61. The van der Waals surface area contributed by atoms with Crippen LogP contribution in [-0.2, 0) is 14.6 Å². The van der Waals surface area contributed by atoms with E-state index in [1.54, 1.807) is 43.3 Å². The van der Waals surface area contributed by atoms with Crippen LogP contribution < -0.4 is 10.2 Å². The Morgan fingerprint density at radius 3 is 2.78 bits per heavy atom. The van der Waals surface area contributed by atoms with E-state index < -0.39 is 15.9 Å². The number of sulfonamides is 1. The molecule has 32 heavy (non-hydrogen) atoms. The predicted molar refractivity (Wildman–Crippen MR) is 117 cm³/mol. The molecule has 5 rings (SSSR count). The smallest absolute Gasteiger partial charge is 0.328 e. The van der Waals surface area contributed by atoms with E-state index in [4.69, 9.17) is 9.52 Å². The fourth-order valence-corrected chi connectivity index (χ4v) is 6.89. The first-order chi connectivity index (χ1) is 15.3. The third-order valence-electron chi connectivity index (χ3n) is 6.62. The summed E-state index contributed by atoms with van der Waals surface area (Å²) in [6.45, 7) is 3.56. The topological polar surface area (TPSA) is 127 Å². The maximum absolute atomic E-state index is 13.5. The van der Waals surface area contributed by atoms with Crippen LogP contribution >= 0.6 is 0 Å². The number of anilines is 1. The second-order valence-electron chi connectivity index (χ2n) is 8.67. The first-order valence-electron chi connectivity index (χ1n) is 10.9. The Balaban J connectivity index is 1.56. The van der Waals surface area contributed by atoms with Gasteiger partial charge in [0.05, 0.1) is 24.5 Å². The highest BCUT2D eigenvalue weighted by atomic mass is 32.3. The monoisotopic (exact) mass is 458 g/mol. The normalized spacial score (nSPS) is 27.5. The van der Waals surface area contributed by atoms with Gasteiger partial charge < -0.3 is 9.08 Å². The van der Waals surface area contributed by atoms with E-state index in [2.05, 4.69) is 15.5 Å². The van der Waals surface area contributed by atoms with Crippen molar-refractivity contribution in [1.29, 1.82) is 0 Å². The van der Waals surface area contributed by atoms with E-state index in [-0.39, 0.29) is 35.8 Å². The zero-order chi connectivity index (χ0) is 22.5. The summed E-state index contributed by atoms with van der Waals surface area (Å²) in [6, 6.07) is 3.39. The number of aromatic nitrogens is 2. The fourth-order valence-electron chi connectivity index (χ4n) is 5.11. The summed E-state index contributed by atoms with van der Waals surface area (Å²) in [5, 5.41) is 6.76. The number of aliphatic imine (C=N–C) groups is 1. The molecule has 1 aliphatic carbocycles. The Morgan fingerprint density at radius 1 is 1.34 bits per heavy atom. The van der Waals surface area contributed by atoms with Gasteiger partial charge in [0.25, 0.3) is 0 Å². The van der Waals surface area contributed by atoms with Gasteiger partial charge in [-0.15, -0.1) is 4.31 Å². The zero-order valence-corrected chi connectivity index (χ0v) is 18.9. The van der Waals surface area contributed by atoms with Crippen LogP contribution in [0.15, 0.2) is 38.9 Å². The second-order valence-corrected chi connectivity index (χ2v) is 10.5. The number of nitrogens with zero attached hydrogens (tertiary/aromatic N) is 5. The molecular formula is C21H26N6O4S. The van der Waals surface area contributed by atoms with Gasteiger partial charge in [-0.05, 0) is 38.3 Å². The van der Waals surface area contributed by atoms with Gasteiger partial charge in [0.1, 0.15) is 17.1 Å². The molecule has 3 fully saturated rings. The summed E-state index contributed by atoms with van der Waals surface area (Å²) in [5.74, 6) is 0.808. The van der Waals surface area contributed by atoms with E-state index in [0.717, 1.165) is 25.7 Å². The Kier molecular flexibility index (Phi) is 5.14. The van der Waals surface area contributed by atoms with Gasteiger partial charge >= 0.3 is 6.03 Å². The number of hydrogen-bond acceptors (Lipinski definition) is 7. The number of rotatable bonds is 4. The Labute approximate surface area is 187 Å². The number of amidine groups is 1. The van der Waals surface area contributed by atoms with Crippen LogP contribution in [0.4, 0.5) is 10.5 Å². The van der Waals surface area contributed by atoms with Crippen LogP contribution in [-0.4, -0.2) is 55.5 Å². The number of amides is 2. The quantitative estimate of drug-likeness (QED) is 0.702. The van der Waals surface area contributed by atoms with Crippen LogP contribution in [0.1, 0.15) is 43.6 Å². The summed E-state index contributed by atoms with van der Waals surface area (Å²) in [6.07, 6.45) is 7.86. The van der Waals surface area contributed by atoms with Crippen molar-refractivity contribution in [3.63, 3.8) is 0 Å². The minimum Gasteiger partial charge on any atom is -0.593 e. The molecule has 1 saturated carbocycles. The number of nitrogens with one attached hydrogen (secondary N) is 1. The SMILES string of the molecule is Cc1noc(C)c1[S+](=O)([O-])N1CCC2(C1)C(=NC1CCCC1)NC(=O)N2c1cccnc1. The standard InChI is InChI=1S/C21H26N6O4S/c1-14-18(15(2)31-25-14)32(29,30)26-11-9-21(13-26)19(23-16-6-3-4-7-16)24-20(28)27(21)17-8-5-10-22-12-17/h5,8,10,12,16H,3-4,6-7,9,11,13H2,1-2H3,(H-,23,24,28,29,30). The third-order valence-corrected chi connectivity index (χ3v) is 8.71. The molecule has 3 aliphatic rings. The van der Waals surface area contributed by atoms with Crippen LogP contribution in [0.5, 0.6) is 0 Å². The highest BCUT2D eigenvalue weighted by Crippen LogP contribution is 2.41. The van der Waals surface area contributed by atoms with Crippen molar-refractivity contribution in [2.24, 2.45) is 4.99 Å². The molecule has 2 amide bonds. The number of urea groups is 1. The van der Waals surface area contributed by atoms with E-state index in [1.165, 1.54) is 4.31 Å². The van der Waals surface area contributed by atoms with Gasteiger partial charge in [0, 0.05) is 19.7 Å². The number of pyridine rings is 1. The summed E-state index contributed by atoms with van der Waals surface area (Å²) >= 11 is 0. The molecule has 11 heteroatoms. The molecule has 4 heterocycles. The first kappa shape index (κ1) is 21.2. The van der Waals surface area contributed by atoms with Crippen molar-refractivity contribution in [3.8, 4) is 0 Å². The maximum Gasteiger partial charge on any atom is 0.328 e. The van der Waals surface area contributed by atoms with Crippen LogP contribution in [0.25, 0.3) is 0 Å². The summed E-state index contributed by atoms with van der Waals surface area (Å²) < 4.78 is 33.5. The van der Waals surface area contributed by atoms with Gasteiger partial charge in [0.15, 0.2) is 16.2 Å². The number of aryl methyl sites for hydroxylation is 2. The number of hydrogen-bond donors (Lipinski definition) is 1. The average molecular weight is 459 g/mol. The number of carbonyl (C=O) groups excluding carboxylic acids is 1. The maximum atomic E-state index is 13.5. The van der Waals surface area contributed by atoms with Gasteiger partial charge in [-0.25, -0.2) is 4.79 Å². The Hall–Kier alpha value is -2.63. The lowest BCUT2D eigenvalue weighted by atomic mass is 9.95. The van der Waals surface area contributed by atoms with Crippen LogP contribution in [0.3, 0.4) is 0 Å². The van der Waals surface area contributed by atoms with E-state index in [9.17, 15) is 13.6 Å². The largest absolute Gasteiger partial charge is 0.593 e. The Bertz CT molecular complexity index is 1090. The average Bonchev–Trinajstić information content (AvgIpc) is 3.53. The highest BCUT2D eigenvalue weighted by Gasteiger charge is 2.59. The van der Waals surface area contributed by atoms with Crippen molar-refractivity contribution in [1.82, 2.24) is 19.8 Å². The first-order valence-corrected chi connectivity index (χ1v) is 12.3. The molecule has 2 saturated heterocycles. The van der Waals surface area contributed by atoms with Crippen molar-refractivity contribution < 1.29 is 18.1 Å². The second kappa shape index (κ2) is 7.75. The molecule has 0 radical (unpaired) electrons. The van der Waals surface area contributed by atoms with Gasteiger partial charge in [0.2, 0.25) is 4.90 Å². The zero-order valence-electron chi connectivity index (χ0n) is 18.1. The molecule has 10 nitrogen and oxygen atoms in total. The van der Waals surface area contributed by atoms with E-state index in [0.29, 0.717) is 23.6 Å². The van der Waals surface area contributed by atoms with Crippen LogP contribution in [0.2, 0.25) is 0 Å². The minimum absolute atomic E-state index is 0.0917. The van der Waals surface area contributed by atoms with Crippen molar-refractivity contribution in [2.75, 3.05) is 18.0 Å². The molecule has 2 aromatic heterocycles. The van der Waals surface area contributed by atoms with E-state index >= 15 is 0 Å². The molecule has 2 atom stereocenters. The summed E-state index contributed by atoms with van der Waals surface area (Å²) in [5.41, 5.74) is 0.0284. The van der Waals surface area contributed by atoms with E-state index in [1.807, 2.05) is 0 Å². The lowest BCUT2D eigenvalue weighted by molar-refractivity contribution is 0.251. The van der Waals surface area contributed by atoms with Crippen molar-refractivity contribution in [3.05, 3.63) is 36.0 Å². The summed E-state index contributed by atoms with van der Waals surface area (Å²) in [4.78, 5) is 23.9. The molecule has 2 aromatic rings. The van der Waals surface area contributed by atoms with Crippen molar-refractivity contribution >= 4 is 28.0 Å². The molecule has 170 valence electrons. The third kappa shape index (κ3) is 3.26. The molecule has 1 N–H and O–H groups in total. The lowest BCUT2D eigenvalue weighted by Gasteiger charge is -2.33. The molecular weight excluding hydrogens is 432 g/mol. The minimum atomic E-state index is -3.85. The fraction of sp³-hybridized carbons (Fsp3) is 0.524.